The Bertz CT molecular complexity index is 718. The summed E-state index contributed by atoms with van der Waals surface area (Å²) in [6.45, 7) is 0. The maximum Gasteiger partial charge on any atom is 0.435 e. The number of aliphatic imine (C=N–C) groups is 1. The van der Waals surface area contributed by atoms with Gasteiger partial charge in [0.25, 0.3) is 0 Å². The van der Waals surface area contributed by atoms with Crippen molar-refractivity contribution < 1.29 is 17.6 Å². The molecule has 0 radical (unpaired) electrons. The molecule has 1 aromatic heterocycles. The molecule has 1 aromatic carbocycles. The van der Waals surface area contributed by atoms with E-state index in [9.17, 15) is 17.6 Å². The Labute approximate surface area is 127 Å². The summed E-state index contributed by atoms with van der Waals surface area (Å²) in [6, 6.07) is 7.31. The molecule has 1 heterocycles. The summed E-state index contributed by atoms with van der Waals surface area (Å²) in [6.07, 6.45) is -4.27. The van der Waals surface area contributed by atoms with Crippen molar-refractivity contribution >= 4 is 22.7 Å². The first kappa shape index (κ1) is 16.0. The summed E-state index contributed by atoms with van der Waals surface area (Å²) in [7, 11) is 0. The molecule has 2 aromatic rings. The van der Waals surface area contributed by atoms with E-state index in [-0.39, 0.29) is 0 Å². The van der Waals surface area contributed by atoms with E-state index in [1.165, 1.54) is 23.5 Å². The molecule has 116 valence electrons. The second-order valence-corrected chi connectivity index (χ2v) is 5.17. The number of rotatable bonds is 3. The fourth-order valence-corrected chi connectivity index (χ4v) is 2.41. The van der Waals surface area contributed by atoms with Gasteiger partial charge in [-0.2, -0.15) is 13.2 Å². The van der Waals surface area contributed by atoms with Crippen molar-refractivity contribution in [3.8, 4) is 10.4 Å². The van der Waals surface area contributed by atoms with Gasteiger partial charge in [-0.3, -0.25) is 0 Å². The van der Waals surface area contributed by atoms with Crippen LogP contribution in [0.25, 0.3) is 10.4 Å². The fraction of sp³-hybridized carbons (Fsp3) is 0.0714. The topological polar surface area (TPSA) is 64.4 Å². The fourth-order valence-electron chi connectivity index (χ4n) is 1.69. The first-order chi connectivity index (χ1) is 10.3. The van der Waals surface area contributed by atoms with Gasteiger partial charge in [0.2, 0.25) is 0 Å². The van der Waals surface area contributed by atoms with E-state index < -0.39 is 29.1 Å². The molecule has 2 rings (SSSR count). The van der Waals surface area contributed by atoms with E-state index in [4.69, 9.17) is 11.5 Å². The Kier molecular flexibility index (Phi) is 4.51. The highest BCUT2D eigenvalue weighted by atomic mass is 32.1. The highest BCUT2D eigenvalue weighted by molar-refractivity contribution is 7.13. The maximum absolute atomic E-state index is 13.8. The quantitative estimate of drug-likeness (QED) is 0.661. The minimum atomic E-state index is -4.84. The Morgan fingerprint density at radius 2 is 1.95 bits per heavy atom. The van der Waals surface area contributed by atoms with E-state index in [0.29, 0.717) is 11.8 Å². The van der Waals surface area contributed by atoms with Crippen molar-refractivity contribution in [2.75, 3.05) is 0 Å². The Morgan fingerprint density at radius 3 is 2.50 bits per heavy atom. The molecule has 0 aliphatic rings. The van der Waals surface area contributed by atoms with Gasteiger partial charge in [-0.05, 0) is 29.1 Å². The molecule has 4 N–H and O–H groups in total. The molecule has 8 heteroatoms. The van der Waals surface area contributed by atoms with Crippen molar-refractivity contribution in [2.24, 2.45) is 16.5 Å². The molecule has 0 atom stereocenters. The Morgan fingerprint density at radius 1 is 1.23 bits per heavy atom. The van der Waals surface area contributed by atoms with Gasteiger partial charge in [0.15, 0.2) is 5.71 Å². The number of thiophene rings is 1. The Hall–Kier alpha value is -2.35. The van der Waals surface area contributed by atoms with Gasteiger partial charge in [-0.25, -0.2) is 9.38 Å². The van der Waals surface area contributed by atoms with Gasteiger partial charge in [0.05, 0.1) is 5.70 Å². The third kappa shape index (κ3) is 3.45. The van der Waals surface area contributed by atoms with E-state index in [0.717, 1.165) is 10.9 Å². The van der Waals surface area contributed by atoms with Gasteiger partial charge in [0.1, 0.15) is 11.5 Å². The zero-order valence-corrected chi connectivity index (χ0v) is 11.9. The van der Waals surface area contributed by atoms with Gasteiger partial charge < -0.3 is 11.5 Å². The lowest BCUT2D eigenvalue weighted by molar-refractivity contribution is -0.0582. The van der Waals surface area contributed by atoms with Gasteiger partial charge in [-0.1, -0.05) is 12.1 Å². The second-order valence-electron chi connectivity index (χ2n) is 4.22. The molecule has 0 aliphatic carbocycles. The third-order valence-electron chi connectivity index (χ3n) is 2.71. The van der Waals surface area contributed by atoms with Crippen molar-refractivity contribution in [2.45, 2.75) is 6.18 Å². The van der Waals surface area contributed by atoms with Crippen molar-refractivity contribution in [3.05, 3.63) is 53.4 Å². The molecule has 0 unspecified atom stereocenters. The number of halogens is 4. The number of hydrogen-bond acceptors (Lipinski definition) is 4. The minimum Gasteiger partial charge on any atom is -0.403 e. The average Bonchev–Trinajstić information content (AvgIpc) is 2.98. The zero-order chi connectivity index (χ0) is 16.3. The maximum atomic E-state index is 13.8. The summed E-state index contributed by atoms with van der Waals surface area (Å²) >= 11 is 1.38. The van der Waals surface area contributed by atoms with Crippen LogP contribution in [0.15, 0.2) is 52.6 Å². The molecule has 22 heavy (non-hydrogen) atoms. The molecule has 0 spiro atoms. The lowest BCUT2D eigenvalue weighted by Crippen LogP contribution is -2.29. The van der Waals surface area contributed by atoms with Crippen LogP contribution >= 0.6 is 11.3 Å². The lowest BCUT2D eigenvalue weighted by atomic mass is 10.1. The predicted octanol–water partition coefficient (Wildman–Crippen LogP) is 3.95. The van der Waals surface area contributed by atoms with E-state index in [2.05, 4.69) is 4.99 Å². The Balaban J connectivity index is 2.55. The summed E-state index contributed by atoms with van der Waals surface area (Å²) in [5.41, 5.74) is 8.11. The minimum absolute atomic E-state index is 0.456. The highest BCUT2D eigenvalue weighted by Gasteiger charge is 2.37. The standard InChI is InChI=1S/C14H11F4N3S/c15-9-4-3-8(12-2-1-5-22-12)6-11(9)21-13(10(20)7-19)14(16,17)18/h1-7H,19-20H2. The first-order valence-electron chi connectivity index (χ1n) is 6.00. The van der Waals surface area contributed by atoms with Crippen LogP contribution in [0.3, 0.4) is 0 Å². The number of alkyl halides is 3. The molecule has 0 aliphatic heterocycles. The van der Waals surface area contributed by atoms with Crippen molar-refractivity contribution in [3.63, 3.8) is 0 Å². The number of hydrogen-bond donors (Lipinski definition) is 2. The van der Waals surface area contributed by atoms with Crippen LogP contribution in [0, 0.1) is 5.82 Å². The van der Waals surface area contributed by atoms with E-state index in [1.807, 2.05) is 0 Å². The molecule has 0 amide bonds. The number of allylic oxidation sites excluding steroid dienone is 1. The smallest absolute Gasteiger partial charge is 0.403 e. The van der Waals surface area contributed by atoms with Crippen LogP contribution in [0.1, 0.15) is 0 Å². The molecular weight excluding hydrogens is 318 g/mol. The van der Waals surface area contributed by atoms with Gasteiger partial charge in [-0.15, -0.1) is 11.3 Å². The lowest BCUT2D eigenvalue weighted by Gasteiger charge is -2.11. The van der Waals surface area contributed by atoms with Crippen molar-refractivity contribution in [1.29, 1.82) is 0 Å². The van der Waals surface area contributed by atoms with E-state index >= 15 is 0 Å². The second kappa shape index (κ2) is 6.18. The monoisotopic (exact) mass is 329 g/mol. The summed E-state index contributed by atoms with van der Waals surface area (Å²) < 4.78 is 52.5. The van der Waals surface area contributed by atoms with Gasteiger partial charge >= 0.3 is 6.18 Å². The van der Waals surface area contributed by atoms with Crippen LogP contribution in [0.5, 0.6) is 0 Å². The molecule has 0 saturated heterocycles. The summed E-state index contributed by atoms with van der Waals surface area (Å²) in [5.74, 6) is -0.883. The molecular formula is C14H11F4N3S. The number of nitrogens with two attached hydrogens (primary N) is 2. The highest BCUT2D eigenvalue weighted by Crippen LogP contribution is 2.31. The third-order valence-corrected chi connectivity index (χ3v) is 3.62. The normalized spacial score (nSPS) is 13.5. The molecule has 0 saturated carbocycles. The molecule has 3 nitrogen and oxygen atoms in total. The van der Waals surface area contributed by atoms with Crippen LogP contribution in [0.4, 0.5) is 23.2 Å². The molecule has 0 bridgehead atoms. The van der Waals surface area contributed by atoms with Crippen LogP contribution in [0.2, 0.25) is 0 Å². The van der Waals surface area contributed by atoms with E-state index in [1.54, 1.807) is 17.5 Å². The molecule has 0 fully saturated rings. The average molecular weight is 329 g/mol. The number of nitrogens with zero attached hydrogens (tertiary/aromatic N) is 1. The predicted molar refractivity (Wildman–Crippen MR) is 79.3 cm³/mol. The van der Waals surface area contributed by atoms with Crippen LogP contribution in [-0.4, -0.2) is 11.9 Å². The zero-order valence-electron chi connectivity index (χ0n) is 11.1. The number of benzene rings is 1. The van der Waals surface area contributed by atoms with Gasteiger partial charge in [0, 0.05) is 11.1 Å². The first-order valence-corrected chi connectivity index (χ1v) is 6.88. The largest absolute Gasteiger partial charge is 0.435 e. The van der Waals surface area contributed by atoms with Crippen molar-refractivity contribution in [1.82, 2.24) is 0 Å². The van der Waals surface area contributed by atoms with Crippen LogP contribution in [-0.2, 0) is 0 Å². The SMILES string of the molecule is NC=C(N)C(=Nc1cc(-c2cccs2)ccc1F)C(F)(F)F. The van der Waals surface area contributed by atoms with Crippen LogP contribution < -0.4 is 11.5 Å². The summed E-state index contributed by atoms with van der Waals surface area (Å²) in [4.78, 5) is 4.10. The summed E-state index contributed by atoms with van der Waals surface area (Å²) in [5, 5.41) is 1.80.